The number of aryl methyl sites for hydroxylation is 2. The monoisotopic (exact) mass is 183 g/mol. The fraction of sp³-hybridized carbons (Fsp3) is 0.182. The first kappa shape index (κ1) is 9.07. The van der Waals surface area contributed by atoms with Crippen LogP contribution in [0.1, 0.15) is 5.56 Å². The van der Waals surface area contributed by atoms with Crippen molar-refractivity contribution in [2.24, 2.45) is 7.05 Å². The van der Waals surface area contributed by atoms with Gasteiger partial charge in [0.1, 0.15) is 7.85 Å². The van der Waals surface area contributed by atoms with Crippen LogP contribution in [0.2, 0.25) is 0 Å². The summed E-state index contributed by atoms with van der Waals surface area (Å²) in [6, 6.07) is 7.75. The Morgan fingerprint density at radius 1 is 1.29 bits per heavy atom. The Labute approximate surface area is 83.6 Å². The molecule has 0 atom stereocenters. The number of benzene rings is 1. The normalized spacial score (nSPS) is 10.7. The van der Waals surface area contributed by atoms with Crippen LogP contribution in [0.3, 0.4) is 0 Å². The van der Waals surface area contributed by atoms with Gasteiger partial charge in [0.05, 0.1) is 5.52 Å². The van der Waals surface area contributed by atoms with E-state index in [9.17, 15) is 4.79 Å². The van der Waals surface area contributed by atoms with E-state index >= 15 is 0 Å². The van der Waals surface area contributed by atoms with Gasteiger partial charge in [-0.3, -0.25) is 4.79 Å². The van der Waals surface area contributed by atoms with Gasteiger partial charge in [-0.25, -0.2) is 0 Å². The first-order valence-corrected chi connectivity index (χ1v) is 4.46. The summed E-state index contributed by atoms with van der Waals surface area (Å²) in [4.78, 5) is 11.6. The molecule has 2 rings (SSSR count). The molecule has 0 amide bonds. The molecule has 0 aliphatic carbocycles. The van der Waals surface area contributed by atoms with E-state index in [-0.39, 0.29) is 5.56 Å². The molecular weight excluding hydrogens is 173 g/mol. The number of hydrogen-bond acceptors (Lipinski definition) is 1. The molecule has 2 radical (unpaired) electrons. The zero-order chi connectivity index (χ0) is 10.3. The van der Waals surface area contributed by atoms with Crippen LogP contribution in [0.4, 0.5) is 0 Å². The van der Waals surface area contributed by atoms with Gasteiger partial charge >= 0.3 is 0 Å². The van der Waals surface area contributed by atoms with Crippen molar-refractivity contribution in [2.45, 2.75) is 6.92 Å². The molecule has 0 fully saturated rings. The van der Waals surface area contributed by atoms with E-state index in [1.165, 1.54) is 0 Å². The minimum Gasteiger partial charge on any atom is -0.312 e. The topological polar surface area (TPSA) is 22.0 Å². The van der Waals surface area contributed by atoms with Gasteiger partial charge < -0.3 is 4.57 Å². The molecule has 3 heteroatoms. The molecule has 2 nitrogen and oxygen atoms in total. The van der Waals surface area contributed by atoms with Gasteiger partial charge in [-0.15, -0.1) is 0 Å². The molecule has 1 aromatic carbocycles. The third kappa shape index (κ3) is 1.09. The van der Waals surface area contributed by atoms with Gasteiger partial charge in [0.25, 0.3) is 0 Å². The number of fused-ring (bicyclic) bond motifs is 1. The number of para-hydroxylation sites is 1. The van der Waals surface area contributed by atoms with Gasteiger partial charge in [0.15, 0.2) is 0 Å². The number of aromatic nitrogens is 1. The Morgan fingerprint density at radius 2 is 1.93 bits per heavy atom. The highest BCUT2D eigenvalue weighted by atomic mass is 16.1. The van der Waals surface area contributed by atoms with Crippen molar-refractivity contribution in [1.29, 1.82) is 0 Å². The first-order valence-electron chi connectivity index (χ1n) is 4.46. The van der Waals surface area contributed by atoms with Gasteiger partial charge in [0, 0.05) is 12.4 Å². The molecular formula is C11H10BNO. The Morgan fingerprint density at radius 3 is 2.64 bits per heavy atom. The van der Waals surface area contributed by atoms with Crippen LogP contribution in [0, 0.1) is 6.92 Å². The standard InChI is InChI=1S/C11H10BNO/c1-7-8-5-3-4-6-9(8)13(2)11(14)10(7)12/h3-6H,1-2H3. The average molecular weight is 183 g/mol. The lowest BCUT2D eigenvalue weighted by molar-refractivity contribution is 0.912. The van der Waals surface area contributed by atoms with Gasteiger partial charge in [-0.05, 0) is 24.0 Å². The number of hydrogen-bond donors (Lipinski definition) is 0. The molecule has 0 unspecified atom stereocenters. The minimum atomic E-state index is -0.124. The molecule has 2 aromatic rings. The molecule has 68 valence electrons. The van der Waals surface area contributed by atoms with Crippen LogP contribution in [0.5, 0.6) is 0 Å². The fourth-order valence-corrected chi connectivity index (χ4v) is 1.68. The maximum absolute atomic E-state index is 11.6. The second-order valence-corrected chi connectivity index (χ2v) is 3.42. The largest absolute Gasteiger partial charge is 0.312 e. The second-order valence-electron chi connectivity index (χ2n) is 3.42. The Kier molecular flexibility index (Phi) is 1.95. The maximum Gasteiger partial charge on any atom is 0.243 e. The quantitative estimate of drug-likeness (QED) is 0.549. The van der Waals surface area contributed by atoms with Crippen molar-refractivity contribution in [3.8, 4) is 0 Å². The summed E-state index contributed by atoms with van der Waals surface area (Å²) in [6.07, 6.45) is 0. The van der Waals surface area contributed by atoms with Crippen LogP contribution >= 0.6 is 0 Å². The van der Waals surface area contributed by atoms with Crippen molar-refractivity contribution in [2.75, 3.05) is 0 Å². The lowest BCUT2D eigenvalue weighted by Crippen LogP contribution is -2.35. The molecule has 0 saturated heterocycles. The van der Waals surface area contributed by atoms with Crippen molar-refractivity contribution in [3.63, 3.8) is 0 Å². The van der Waals surface area contributed by atoms with Crippen molar-refractivity contribution in [1.82, 2.24) is 4.57 Å². The van der Waals surface area contributed by atoms with E-state index < -0.39 is 0 Å². The second kappa shape index (κ2) is 3.01. The predicted molar refractivity (Wildman–Crippen MR) is 59.3 cm³/mol. The lowest BCUT2D eigenvalue weighted by Gasteiger charge is -2.10. The number of pyridine rings is 1. The van der Waals surface area contributed by atoms with Crippen LogP contribution < -0.4 is 11.0 Å². The molecule has 14 heavy (non-hydrogen) atoms. The predicted octanol–water partition coefficient (Wildman–Crippen LogP) is 0.641. The van der Waals surface area contributed by atoms with Crippen LogP contribution in [-0.2, 0) is 7.05 Å². The molecule has 0 N–H and O–H groups in total. The van der Waals surface area contributed by atoms with Crippen LogP contribution in [0.15, 0.2) is 29.1 Å². The number of rotatable bonds is 0. The fourth-order valence-electron chi connectivity index (χ4n) is 1.68. The summed E-state index contributed by atoms with van der Waals surface area (Å²) in [5.41, 5.74) is 2.00. The van der Waals surface area contributed by atoms with E-state index in [0.717, 1.165) is 16.5 Å². The highest BCUT2D eigenvalue weighted by molar-refractivity contribution is 6.34. The molecule has 0 spiro atoms. The summed E-state index contributed by atoms with van der Waals surface area (Å²) in [7, 11) is 7.45. The minimum absolute atomic E-state index is 0.124. The Hall–Kier alpha value is -1.51. The van der Waals surface area contributed by atoms with Crippen molar-refractivity contribution < 1.29 is 0 Å². The summed E-state index contributed by atoms with van der Waals surface area (Å²) in [5, 5.41) is 1.03. The summed E-state index contributed by atoms with van der Waals surface area (Å²) < 4.78 is 1.58. The van der Waals surface area contributed by atoms with Crippen LogP contribution in [-0.4, -0.2) is 12.4 Å². The SMILES string of the molecule is [B]c1c(C)c2ccccc2n(C)c1=O. The molecule has 0 aliphatic heterocycles. The van der Waals surface area contributed by atoms with E-state index in [1.807, 2.05) is 31.2 Å². The maximum atomic E-state index is 11.6. The van der Waals surface area contributed by atoms with Crippen molar-refractivity contribution >= 4 is 24.2 Å². The smallest absolute Gasteiger partial charge is 0.243 e. The van der Waals surface area contributed by atoms with Crippen LogP contribution in [0.25, 0.3) is 10.9 Å². The highest BCUT2D eigenvalue weighted by Crippen LogP contribution is 2.13. The first-order chi connectivity index (χ1) is 6.63. The molecule has 0 bridgehead atoms. The zero-order valence-corrected chi connectivity index (χ0v) is 8.24. The third-order valence-electron chi connectivity index (χ3n) is 2.61. The lowest BCUT2D eigenvalue weighted by atomic mass is 9.90. The molecule has 0 saturated carbocycles. The van der Waals surface area contributed by atoms with Gasteiger partial charge in [-0.2, -0.15) is 0 Å². The molecule has 0 aliphatic rings. The van der Waals surface area contributed by atoms with E-state index in [1.54, 1.807) is 11.6 Å². The molecule has 1 heterocycles. The van der Waals surface area contributed by atoms with E-state index in [2.05, 4.69) is 0 Å². The van der Waals surface area contributed by atoms with Gasteiger partial charge in [-0.1, -0.05) is 18.2 Å². The Bertz CT molecular complexity index is 557. The van der Waals surface area contributed by atoms with E-state index in [4.69, 9.17) is 7.85 Å². The summed E-state index contributed by atoms with van der Waals surface area (Å²) in [5.74, 6) is 0. The third-order valence-corrected chi connectivity index (χ3v) is 2.61. The average Bonchev–Trinajstić information content (AvgIpc) is 2.23. The summed E-state index contributed by atoms with van der Waals surface area (Å²) >= 11 is 0. The number of nitrogens with zero attached hydrogens (tertiary/aromatic N) is 1. The van der Waals surface area contributed by atoms with Gasteiger partial charge in [0.2, 0.25) is 5.56 Å². The molecule has 1 aromatic heterocycles. The van der Waals surface area contributed by atoms with E-state index in [0.29, 0.717) is 5.46 Å². The highest BCUT2D eigenvalue weighted by Gasteiger charge is 2.06. The summed E-state index contributed by atoms with van der Waals surface area (Å²) in [6.45, 7) is 1.87. The van der Waals surface area contributed by atoms with Crippen molar-refractivity contribution in [3.05, 3.63) is 40.2 Å². The zero-order valence-electron chi connectivity index (χ0n) is 8.24. The Balaban J connectivity index is 3.10.